The molecule has 0 aliphatic carbocycles. The summed E-state index contributed by atoms with van der Waals surface area (Å²) in [4.78, 5) is 26.6. The molecule has 0 aromatic heterocycles. The molecule has 0 saturated carbocycles. The Hall–Kier alpha value is -1.51. The Balaban J connectivity index is 2.01. The maximum atomic E-state index is 13.3. The Morgan fingerprint density at radius 1 is 0.476 bits per heavy atom. The number of unbranched alkanes of at least 4 members (excludes halogenated alkanes) is 26. The average Bonchev–Trinajstić information content (AvgIpc) is 3.25. The van der Waals surface area contributed by atoms with Crippen LogP contribution in [-0.4, -0.2) is 125 Å². The number of hydrogen-bond acceptors (Lipinski definition) is 16. The van der Waals surface area contributed by atoms with Crippen LogP contribution in [0.3, 0.4) is 0 Å². The fourth-order valence-corrected chi connectivity index (χ4v) is 8.77. The average molecular weight is 926 g/mol. The normalized spacial score (nSPS) is 26.5. The molecule has 2 fully saturated rings. The summed E-state index contributed by atoms with van der Waals surface area (Å²) in [7, 11) is -5.53. The lowest BCUT2D eigenvalue weighted by Gasteiger charge is -2.46. The smallest absolute Gasteiger partial charge is 0.306 e. The largest absolute Gasteiger partial charge is 0.726 e. The number of esters is 2. The maximum absolute atomic E-state index is 13.3. The quantitative estimate of drug-likeness (QED) is 0.0182. The molecular formula is C46H85O16S-. The van der Waals surface area contributed by atoms with E-state index in [9.17, 15) is 48.1 Å². The summed E-state index contributed by atoms with van der Waals surface area (Å²) in [6, 6.07) is 0. The van der Waals surface area contributed by atoms with Gasteiger partial charge in [0.25, 0.3) is 0 Å². The van der Waals surface area contributed by atoms with Crippen molar-refractivity contribution in [3.63, 3.8) is 0 Å². The third kappa shape index (κ3) is 24.7. The summed E-state index contributed by atoms with van der Waals surface area (Å²) < 4.78 is 67.8. The van der Waals surface area contributed by atoms with Crippen LogP contribution in [0.2, 0.25) is 0 Å². The van der Waals surface area contributed by atoms with Gasteiger partial charge in [-0.2, -0.15) is 0 Å². The number of hydrogen-bond donors (Lipinski definition) is 5. The maximum Gasteiger partial charge on any atom is 0.306 e. The molecule has 2 aliphatic rings. The lowest BCUT2D eigenvalue weighted by atomic mass is 9.97. The fourth-order valence-electron chi connectivity index (χ4n) is 8.30. The summed E-state index contributed by atoms with van der Waals surface area (Å²) in [5.41, 5.74) is 0. The van der Waals surface area contributed by atoms with Gasteiger partial charge < -0.3 is 53.8 Å². The van der Waals surface area contributed by atoms with E-state index in [1.807, 2.05) is 0 Å². The van der Waals surface area contributed by atoms with E-state index in [1.54, 1.807) is 0 Å². The van der Waals surface area contributed by atoms with Gasteiger partial charge in [-0.25, -0.2) is 8.42 Å². The predicted octanol–water partition coefficient (Wildman–Crippen LogP) is 6.93. The Morgan fingerprint density at radius 2 is 0.794 bits per heavy atom. The topological polar surface area (TPSA) is 248 Å². The van der Waals surface area contributed by atoms with Crippen LogP contribution in [0.15, 0.2) is 0 Å². The van der Waals surface area contributed by atoms with Gasteiger partial charge in [0.05, 0.1) is 13.2 Å². The molecule has 2 aliphatic heterocycles. The summed E-state index contributed by atoms with van der Waals surface area (Å²) in [5.74, 6) is -1.46. The van der Waals surface area contributed by atoms with Gasteiger partial charge >= 0.3 is 11.9 Å². The van der Waals surface area contributed by atoms with Crippen LogP contribution < -0.4 is 0 Å². The Bertz CT molecular complexity index is 1270. The second-order valence-corrected chi connectivity index (χ2v) is 18.6. The van der Waals surface area contributed by atoms with E-state index >= 15 is 0 Å². The van der Waals surface area contributed by atoms with Crippen LogP contribution >= 0.6 is 0 Å². The molecule has 2 heterocycles. The van der Waals surface area contributed by atoms with Crippen molar-refractivity contribution in [2.45, 2.75) is 268 Å². The zero-order valence-corrected chi connectivity index (χ0v) is 39.4. The van der Waals surface area contributed by atoms with Crippen LogP contribution in [0.4, 0.5) is 0 Å². The molecule has 2 saturated heterocycles. The van der Waals surface area contributed by atoms with E-state index in [-0.39, 0.29) is 12.8 Å². The van der Waals surface area contributed by atoms with E-state index in [1.165, 1.54) is 116 Å². The van der Waals surface area contributed by atoms with Crippen molar-refractivity contribution in [2.75, 3.05) is 13.2 Å². The minimum atomic E-state index is -5.53. The lowest BCUT2D eigenvalue weighted by Crippen LogP contribution is -2.65. The van der Waals surface area contributed by atoms with Crippen LogP contribution in [0.5, 0.6) is 0 Å². The molecule has 0 aromatic rings. The highest BCUT2D eigenvalue weighted by atomic mass is 32.3. The highest BCUT2D eigenvalue weighted by Gasteiger charge is 2.54. The zero-order valence-electron chi connectivity index (χ0n) is 38.5. The summed E-state index contributed by atoms with van der Waals surface area (Å²) in [6.45, 7) is 2.74. The van der Waals surface area contributed by atoms with Crippen molar-refractivity contribution in [1.82, 2.24) is 0 Å². The van der Waals surface area contributed by atoms with E-state index in [0.29, 0.717) is 12.8 Å². The van der Waals surface area contributed by atoms with Crippen molar-refractivity contribution >= 4 is 22.3 Å². The molecule has 63 heavy (non-hydrogen) atoms. The number of carbonyl (C=O) groups excluding carboxylic acids is 2. The highest BCUT2D eigenvalue weighted by Crippen LogP contribution is 2.33. The minimum absolute atomic E-state index is 0.0114. The van der Waals surface area contributed by atoms with Gasteiger partial charge in [0, 0.05) is 12.8 Å². The van der Waals surface area contributed by atoms with E-state index in [2.05, 4.69) is 18.0 Å². The Morgan fingerprint density at radius 3 is 1.14 bits per heavy atom. The van der Waals surface area contributed by atoms with Gasteiger partial charge in [-0.05, 0) is 12.8 Å². The van der Waals surface area contributed by atoms with E-state index in [4.69, 9.17) is 23.7 Å². The van der Waals surface area contributed by atoms with Gasteiger partial charge in [0.2, 0.25) is 16.7 Å². The molecule has 2 rings (SSSR count). The lowest BCUT2D eigenvalue weighted by molar-refractivity contribution is -0.374. The second kappa shape index (κ2) is 34.7. The van der Waals surface area contributed by atoms with Crippen molar-refractivity contribution in [3.05, 3.63) is 0 Å². The third-order valence-electron chi connectivity index (χ3n) is 12.1. The highest BCUT2D eigenvalue weighted by molar-refractivity contribution is 7.80. The van der Waals surface area contributed by atoms with Gasteiger partial charge in [0.15, 0.2) is 24.6 Å². The van der Waals surface area contributed by atoms with E-state index in [0.717, 1.165) is 51.4 Å². The third-order valence-corrected chi connectivity index (χ3v) is 12.6. The first kappa shape index (κ1) is 57.6. The molecule has 0 radical (unpaired) electrons. The van der Waals surface area contributed by atoms with Gasteiger partial charge in [-0.15, -0.1) is 0 Å². The zero-order chi connectivity index (χ0) is 46.3. The van der Waals surface area contributed by atoms with Crippen LogP contribution in [0, 0.1) is 0 Å². The molecule has 0 amide bonds. The minimum Gasteiger partial charge on any atom is -0.726 e. The molecular weight excluding hydrogens is 841 g/mol. The molecule has 17 heteroatoms. The number of carbonyl (C=O) groups is 2. The molecule has 0 bridgehead atoms. The number of aliphatic hydroxyl groups is 5. The van der Waals surface area contributed by atoms with Gasteiger partial charge in [-0.1, -0.05) is 181 Å². The number of rotatable bonds is 38. The van der Waals surface area contributed by atoms with E-state index < -0.39 is 97.0 Å². The molecule has 10 atom stereocenters. The molecule has 5 N–H and O–H groups in total. The monoisotopic (exact) mass is 926 g/mol. The Labute approximate surface area is 378 Å². The number of aliphatic hydroxyl groups excluding tert-OH is 5. The predicted molar refractivity (Wildman–Crippen MR) is 235 cm³/mol. The van der Waals surface area contributed by atoms with Crippen molar-refractivity contribution in [3.8, 4) is 0 Å². The van der Waals surface area contributed by atoms with Gasteiger partial charge in [0.1, 0.15) is 30.5 Å². The molecule has 372 valence electrons. The van der Waals surface area contributed by atoms with Crippen molar-refractivity contribution in [1.29, 1.82) is 0 Å². The van der Waals surface area contributed by atoms with Crippen molar-refractivity contribution < 1.29 is 76.0 Å². The van der Waals surface area contributed by atoms with Gasteiger partial charge in [-0.3, -0.25) is 13.8 Å². The van der Waals surface area contributed by atoms with Crippen molar-refractivity contribution in [2.24, 2.45) is 0 Å². The molecule has 0 unspecified atom stereocenters. The first-order valence-electron chi connectivity index (χ1n) is 24.6. The van der Waals surface area contributed by atoms with Crippen LogP contribution in [-0.2, 0) is 47.9 Å². The SMILES string of the molecule is CCCCCCCCCCCCCCCCCC(=O)O[C@H]1[C@H](O)[C@@H](CO)O[C@H](O[C@H]2O[C@H](CO)[C@@H](O)[C@H](O)[C@H]2OS(=O)(=O)[O-])[C@@H]1OC(=O)CCCCCCCCCCCCCCC. The first-order valence-corrected chi connectivity index (χ1v) is 25.9. The Kier molecular flexibility index (Phi) is 31.8. The fraction of sp³-hybridized carbons (Fsp3) is 0.957. The van der Waals surface area contributed by atoms with Crippen LogP contribution in [0.1, 0.15) is 206 Å². The number of ether oxygens (including phenoxy) is 5. The molecule has 0 spiro atoms. The van der Waals surface area contributed by atoms with Crippen LogP contribution in [0.25, 0.3) is 0 Å². The second-order valence-electron chi connectivity index (χ2n) is 17.6. The summed E-state index contributed by atoms with van der Waals surface area (Å²) in [5, 5.41) is 52.2. The first-order chi connectivity index (χ1) is 30.4. The standard InChI is InChI=1S/C46H86O16S/c1-3-5-7-9-11-13-15-17-18-20-22-23-25-27-29-31-37(49)59-42-40(52)36(34-48)58-46(61-45-43(62-63(54,55)56)41(53)39(51)35(33-47)57-45)44(42)60-38(50)32-30-28-26-24-21-19-16-14-12-10-8-6-4-2/h35-36,39-48,51-53H,3-34H2,1-2H3,(H,54,55,56)/p-1/t35-,36-,39-,40-,41+,42+,43-,44-,45-,46-/m1/s1. The molecule has 0 aromatic carbocycles. The summed E-state index contributed by atoms with van der Waals surface area (Å²) in [6.07, 6.45) is 13.2. The summed E-state index contributed by atoms with van der Waals surface area (Å²) >= 11 is 0. The molecule has 16 nitrogen and oxygen atoms in total.